The van der Waals surface area contributed by atoms with E-state index < -0.39 is 11.9 Å². The van der Waals surface area contributed by atoms with Crippen LogP contribution < -0.4 is 4.74 Å². The highest BCUT2D eigenvalue weighted by atomic mass is 16.5. The van der Waals surface area contributed by atoms with Crippen LogP contribution in [-0.2, 0) is 14.3 Å². The summed E-state index contributed by atoms with van der Waals surface area (Å²) in [7, 11) is 0. The standard InChI is InChI=1S/C24H26O4/c1-4-27-22-12-7-6-11-19(22)20-14-18(17-10-8-9-16(3)13-17)15-21(25)23(20)24(26)28-5-2/h6-13,15,20,23H,4-5,14H2,1-3H3/t20-,23+/m0/s1. The lowest BCUT2D eigenvalue weighted by atomic mass is 9.73. The van der Waals surface area contributed by atoms with Crippen LogP contribution in [0.1, 0.15) is 42.9 Å². The second-order valence-electron chi connectivity index (χ2n) is 6.95. The molecule has 0 aromatic heterocycles. The average Bonchev–Trinajstić information content (AvgIpc) is 2.68. The smallest absolute Gasteiger partial charge is 0.317 e. The quantitative estimate of drug-likeness (QED) is 0.539. The number of ketones is 1. The molecule has 1 aliphatic rings. The Labute approximate surface area is 166 Å². The third kappa shape index (κ3) is 4.16. The Morgan fingerprint density at radius 2 is 1.86 bits per heavy atom. The predicted molar refractivity (Wildman–Crippen MR) is 109 cm³/mol. The highest BCUT2D eigenvalue weighted by molar-refractivity contribution is 6.10. The summed E-state index contributed by atoms with van der Waals surface area (Å²) < 4.78 is 11.0. The Kier molecular flexibility index (Phi) is 6.30. The van der Waals surface area contributed by atoms with Crippen LogP contribution in [0.5, 0.6) is 5.75 Å². The van der Waals surface area contributed by atoms with Crippen molar-refractivity contribution in [2.24, 2.45) is 5.92 Å². The van der Waals surface area contributed by atoms with Gasteiger partial charge in [0.25, 0.3) is 0 Å². The summed E-state index contributed by atoms with van der Waals surface area (Å²) in [5, 5.41) is 0. The second-order valence-corrected chi connectivity index (χ2v) is 6.95. The molecule has 146 valence electrons. The summed E-state index contributed by atoms with van der Waals surface area (Å²) >= 11 is 0. The predicted octanol–water partition coefficient (Wildman–Crippen LogP) is 4.71. The molecular formula is C24H26O4. The number of esters is 1. The summed E-state index contributed by atoms with van der Waals surface area (Å²) in [6.45, 7) is 6.46. The van der Waals surface area contributed by atoms with Crippen molar-refractivity contribution in [3.8, 4) is 5.75 Å². The SMILES string of the molecule is CCOC(=O)[C@H]1C(=O)C=C(c2cccc(C)c2)C[C@H]1c1ccccc1OCC. The first-order valence-electron chi connectivity index (χ1n) is 9.75. The van der Waals surface area contributed by atoms with Crippen molar-refractivity contribution in [3.63, 3.8) is 0 Å². The zero-order valence-corrected chi connectivity index (χ0v) is 16.6. The number of carbonyl (C=O) groups excluding carboxylic acids is 2. The van der Waals surface area contributed by atoms with Gasteiger partial charge in [0.15, 0.2) is 5.78 Å². The molecule has 0 saturated carbocycles. The number of ether oxygens (including phenoxy) is 2. The van der Waals surface area contributed by atoms with Gasteiger partial charge in [-0.2, -0.15) is 0 Å². The van der Waals surface area contributed by atoms with Crippen LogP contribution >= 0.6 is 0 Å². The molecule has 0 bridgehead atoms. The molecule has 0 spiro atoms. The summed E-state index contributed by atoms with van der Waals surface area (Å²) in [5.41, 5.74) is 3.94. The second kappa shape index (κ2) is 8.87. The van der Waals surface area contributed by atoms with Gasteiger partial charge in [0.1, 0.15) is 11.7 Å². The van der Waals surface area contributed by atoms with E-state index in [0.29, 0.717) is 18.8 Å². The third-order valence-corrected chi connectivity index (χ3v) is 5.01. The van der Waals surface area contributed by atoms with Crippen molar-refractivity contribution in [1.82, 2.24) is 0 Å². The largest absolute Gasteiger partial charge is 0.494 e. The fourth-order valence-corrected chi connectivity index (χ4v) is 3.80. The molecular weight excluding hydrogens is 352 g/mol. The number of carbonyl (C=O) groups is 2. The maximum absolute atomic E-state index is 13.0. The minimum Gasteiger partial charge on any atom is -0.494 e. The van der Waals surface area contributed by atoms with E-state index in [1.165, 1.54) is 0 Å². The topological polar surface area (TPSA) is 52.6 Å². The Morgan fingerprint density at radius 3 is 2.57 bits per heavy atom. The first-order valence-corrected chi connectivity index (χ1v) is 9.75. The molecule has 0 amide bonds. The molecule has 0 unspecified atom stereocenters. The van der Waals surface area contributed by atoms with Gasteiger partial charge in [-0.15, -0.1) is 0 Å². The van der Waals surface area contributed by atoms with Gasteiger partial charge in [-0.05, 0) is 56.0 Å². The van der Waals surface area contributed by atoms with Crippen molar-refractivity contribution >= 4 is 17.3 Å². The van der Waals surface area contributed by atoms with E-state index in [1.54, 1.807) is 13.0 Å². The van der Waals surface area contributed by atoms with E-state index in [-0.39, 0.29) is 18.3 Å². The van der Waals surface area contributed by atoms with Gasteiger partial charge in [0, 0.05) is 5.92 Å². The van der Waals surface area contributed by atoms with Gasteiger partial charge in [-0.25, -0.2) is 0 Å². The zero-order chi connectivity index (χ0) is 20.1. The van der Waals surface area contributed by atoms with E-state index in [9.17, 15) is 9.59 Å². The Bertz CT molecular complexity index is 897. The number of benzene rings is 2. The van der Waals surface area contributed by atoms with Crippen LogP contribution in [0.3, 0.4) is 0 Å². The average molecular weight is 378 g/mol. The fourth-order valence-electron chi connectivity index (χ4n) is 3.80. The Morgan fingerprint density at radius 1 is 1.07 bits per heavy atom. The number of hydrogen-bond donors (Lipinski definition) is 0. The normalized spacial score (nSPS) is 19.1. The van der Waals surface area contributed by atoms with E-state index in [0.717, 1.165) is 22.3 Å². The number of hydrogen-bond acceptors (Lipinski definition) is 4. The molecule has 0 saturated heterocycles. The first kappa shape index (κ1) is 19.9. The maximum Gasteiger partial charge on any atom is 0.317 e. The van der Waals surface area contributed by atoms with Gasteiger partial charge < -0.3 is 9.47 Å². The van der Waals surface area contributed by atoms with Crippen LogP contribution in [0.4, 0.5) is 0 Å². The number of para-hydroxylation sites is 1. The highest BCUT2D eigenvalue weighted by Gasteiger charge is 2.40. The van der Waals surface area contributed by atoms with Gasteiger partial charge in [-0.3, -0.25) is 9.59 Å². The molecule has 0 radical (unpaired) electrons. The molecule has 2 aromatic carbocycles. The minimum atomic E-state index is -0.852. The first-order chi connectivity index (χ1) is 13.5. The summed E-state index contributed by atoms with van der Waals surface area (Å²) in [5.74, 6) is -1.15. The van der Waals surface area contributed by atoms with Gasteiger partial charge in [0.05, 0.1) is 13.2 Å². The molecule has 4 heteroatoms. The van der Waals surface area contributed by atoms with Gasteiger partial charge >= 0.3 is 5.97 Å². The van der Waals surface area contributed by atoms with E-state index in [2.05, 4.69) is 6.07 Å². The Balaban J connectivity index is 2.07. The van der Waals surface area contributed by atoms with E-state index >= 15 is 0 Å². The van der Waals surface area contributed by atoms with Crippen LogP contribution in [-0.4, -0.2) is 25.0 Å². The monoisotopic (exact) mass is 378 g/mol. The van der Waals surface area contributed by atoms with Crippen molar-refractivity contribution in [2.75, 3.05) is 13.2 Å². The molecule has 0 heterocycles. The molecule has 0 N–H and O–H groups in total. The number of aryl methyl sites for hydroxylation is 1. The maximum atomic E-state index is 13.0. The van der Waals surface area contributed by atoms with Crippen LogP contribution in [0.2, 0.25) is 0 Å². The lowest BCUT2D eigenvalue weighted by molar-refractivity contribution is -0.151. The lowest BCUT2D eigenvalue weighted by Gasteiger charge is -2.30. The van der Waals surface area contributed by atoms with Crippen LogP contribution in [0, 0.1) is 12.8 Å². The zero-order valence-electron chi connectivity index (χ0n) is 16.6. The van der Waals surface area contributed by atoms with E-state index in [1.807, 2.05) is 56.3 Å². The molecule has 1 aliphatic carbocycles. The van der Waals surface area contributed by atoms with Crippen molar-refractivity contribution in [2.45, 2.75) is 33.1 Å². The molecule has 2 atom stereocenters. The van der Waals surface area contributed by atoms with Crippen LogP contribution in [0.25, 0.3) is 5.57 Å². The van der Waals surface area contributed by atoms with Crippen LogP contribution in [0.15, 0.2) is 54.6 Å². The Hall–Kier alpha value is -2.88. The highest BCUT2D eigenvalue weighted by Crippen LogP contribution is 2.43. The summed E-state index contributed by atoms with van der Waals surface area (Å²) in [4.78, 5) is 25.7. The van der Waals surface area contributed by atoms with Crippen molar-refractivity contribution in [1.29, 1.82) is 0 Å². The molecule has 0 aliphatic heterocycles. The number of rotatable bonds is 6. The summed E-state index contributed by atoms with van der Waals surface area (Å²) in [6.07, 6.45) is 2.18. The minimum absolute atomic E-state index is 0.211. The summed E-state index contributed by atoms with van der Waals surface area (Å²) in [6, 6.07) is 15.7. The molecule has 2 aromatic rings. The number of allylic oxidation sites excluding steroid dienone is 2. The molecule has 3 rings (SSSR count). The van der Waals surface area contributed by atoms with Crippen molar-refractivity contribution < 1.29 is 19.1 Å². The molecule has 28 heavy (non-hydrogen) atoms. The van der Waals surface area contributed by atoms with E-state index in [4.69, 9.17) is 9.47 Å². The van der Waals surface area contributed by atoms with Gasteiger partial charge in [-0.1, -0.05) is 48.0 Å². The molecule has 4 nitrogen and oxygen atoms in total. The van der Waals surface area contributed by atoms with Gasteiger partial charge in [0.2, 0.25) is 0 Å². The third-order valence-electron chi connectivity index (χ3n) is 5.01. The molecule has 0 fully saturated rings. The lowest BCUT2D eigenvalue weighted by Crippen LogP contribution is -2.34. The fraction of sp³-hybridized carbons (Fsp3) is 0.333. The van der Waals surface area contributed by atoms with Crippen molar-refractivity contribution in [3.05, 3.63) is 71.3 Å².